The van der Waals surface area contributed by atoms with Gasteiger partial charge in [0.25, 0.3) is 0 Å². The highest BCUT2D eigenvalue weighted by molar-refractivity contribution is 6.33. The first-order valence-corrected chi connectivity index (χ1v) is 5.10. The number of aromatic nitrogens is 2. The van der Waals surface area contributed by atoms with Gasteiger partial charge in [0.15, 0.2) is 5.82 Å². The average molecular weight is 258 g/mol. The first kappa shape index (κ1) is 11.1. The largest absolute Gasteiger partial charge is 0.339 e. The van der Waals surface area contributed by atoms with Crippen molar-refractivity contribution in [3.8, 4) is 0 Å². The minimum Gasteiger partial charge on any atom is -0.339 e. The first-order valence-electron chi connectivity index (χ1n) is 4.34. The van der Waals surface area contributed by atoms with Gasteiger partial charge in [0.2, 0.25) is 0 Å². The van der Waals surface area contributed by atoms with Crippen molar-refractivity contribution < 1.29 is 4.39 Å². The molecule has 0 spiro atoms. The summed E-state index contributed by atoms with van der Waals surface area (Å²) in [5, 5.41) is 3.32. The van der Waals surface area contributed by atoms with E-state index >= 15 is 0 Å². The highest BCUT2D eigenvalue weighted by atomic mass is 35.5. The Balaban J connectivity index is 2.28. The fourth-order valence-corrected chi connectivity index (χ4v) is 1.45. The van der Waals surface area contributed by atoms with Crippen LogP contribution in [-0.4, -0.2) is 9.97 Å². The van der Waals surface area contributed by atoms with Gasteiger partial charge in [-0.15, -0.1) is 0 Å². The van der Waals surface area contributed by atoms with Crippen LogP contribution in [0.25, 0.3) is 0 Å². The standard InChI is InChI=1S/C10H6Cl2FN3/c11-7-3-6(1-2-9(7)13)16-10-8(12)4-14-5-15-10/h1-5H,(H,14,15,16). The van der Waals surface area contributed by atoms with Gasteiger partial charge in [-0.1, -0.05) is 23.2 Å². The molecular weight excluding hydrogens is 252 g/mol. The quantitative estimate of drug-likeness (QED) is 0.893. The number of hydrogen-bond donors (Lipinski definition) is 1. The van der Waals surface area contributed by atoms with Crippen molar-refractivity contribution in [3.05, 3.63) is 46.6 Å². The van der Waals surface area contributed by atoms with Crippen molar-refractivity contribution in [2.45, 2.75) is 0 Å². The topological polar surface area (TPSA) is 37.8 Å². The third-order valence-corrected chi connectivity index (χ3v) is 2.42. The Morgan fingerprint density at radius 1 is 1.19 bits per heavy atom. The van der Waals surface area contributed by atoms with E-state index in [1.807, 2.05) is 0 Å². The van der Waals surface area contributed by atoms with Gasteiger partial charge < -0.3 is 5.32 Å². The summed E-state index contributed by atoms with van der Waals surface area (Å²) < 4.78 is 12.9. The summed E-state index contributed by atoms with van der Waals surface area (Å²) in [7, 11) is 0. The molecule has 0 fully saturated rings. The molecule has 1 heterocycles. The van der Waals surface area contributed by atoms with E-state index in [0.717, 1.165) is 0 Å². The minimum absolute atomic E-state index is 0.0372. The minimum atomic E-state index is -0.471. The van der Waals surface area contributed by atoms with Crippen molar-refractivity contribution in [3.63, 3.8) is 0 Å². The molecule has 1 aromatic heterocycles. The van der Waals surface area contributed by atoms with Crippen molar-refractivity contribution in [2.75, 3.05) is 5.32 Å². The lowest BCUT2D eigenvalue weighted by Crippen LogP contribution is -1.95. The van der Waals surface area contributed by atoms with Crippen molar-refractivity contribution in [2.24, 2.45) is 0 Å². The smallest absolute Gasteiger partial charge is 0.152 e. The maximum atomic E-state index is 12.9. The summed E-state index contributed by atoms with van der Waals surface area (Å²) in [6, 6.07) is 4.26. The summed E-state index contributed by atoms with van der Waals surface area (Å²) in [5.41, 5.74) is 0.604. The van der Waals surface area contributed by atoms with Crippen molar-refractivity contribution >= 4 is 34.7 Å². The molecule has 1 N–H and O–H groups in total. The van der Waals surface area contributed by atoms with Gasteiger partial charge >= 0.3 is 0 Å². The lowest BCUT2D eigenvalue weighted by Gasteiger charge is -2.06. The van der Waals surface area contributed by atoms with Crippen LogP contribution in [0, 0.1) is 5.82 Å². The number of rotatable bonds is 2. The van der Waals surface area contributed by atoms with Gasteiger partial charge in [-0.2, -0.15) is 0 Å². The highest BCUT2D eigenvalue weighted by Gasteiger charge is 2.04. The van der Waals surface area contributed by atoms with E-state index in [2.05, 4.69) is 15.3 Å². The molecule has 0 radical (unpaired) electrons. The zero-order valence-electron chi connectivity index (χ0n) is 7.92. The van der Waals surface area contributed by atoms with E-state index in [0.29, 0.717) is 16.5 Å². The Kier molecular flexibility index (Phi) is 3.22. The fraction of sp³-hybridized carbons (Fsp3) is 0. The molecule has 0 saturated carbocycles. The van der Waals surface area contributed by atoms with Gasteiger partial charge in [-0.25, -0.2) is 14.4 Å². The van der Waals surface area contributed by atoms with Crippen LogP contribution in [0.2, 0.25) is 10.0 Å². The molecule has 3 nitrogen and oxygen atoms in total. The van der Waals surface area contributed by atoms with Crippen molar-refractivity contribution in [1.29, 1.82) is 0 Å². The number of halogens is 3. The summed E-state index contributed by atoms with van der Waals surface area (Å²) in [6.07, 6.45) is 2.82. The summed E-state index contributed by atoms with van der Waals surface area (Å²) in [5.74, 6) is -0.0275. The lowest BCUT2D eigenvalue weighted by molar-refractivity contribution is 0.628. The molecule has 1 aromatic carbocycles. The molecule has 2 rings (SSSR count). The van der Waals surface area contributed by atoms with Crippen LogP contribution < -0.4 is 5.32 Å². The van der Waals surface area contributed by atoms with Crippen LogP contribution in [0.1, 0.15) is 0 Å². The monoisotopic (exact) mass is 257 g/mol. The van der Waals surface area contributed by atoms with Gasteiger partial charge in [-0.3, -0.25) is 0 Å². The molecule has 6 heteroatoms. The molecule has 0 bridgehead atoms. The Morgan fingerprint density at radius 3 is 2.69 bits per heavy atom. The number of nitrogens with one attached hydrogen (secondary N) is 1. The van der Waals surface area contributed by atoms with Crippen LogP contribution in [0.5, 0.6) is 0 Å². The van der Waals surface area contributed by atoms with Gasteiger partial charge in [0.1, 0.15) is 17.2 Å². The predicted octanol–water partition coefficient (Wildman–Crippen LogP) is 3.67. The third-order valence-electron chi connectivity index (χ3n) is 1.85. The van der Waals surface area contributed by atoms with Gasteiger partial charge in [0.05, 0.1) is 11.2 Å². The predicted molar refractivity (Wildman–Crippen MR) is 61.7 cm³/mol. The van der Waals surface area contributed by atoms with Crippen molar-refractivity contribution in [1.82, 2.24) is 9.97 Å². The van der Waals surface area contributed by atoms with Crippen LogP contribution in [0.3, 0.4) is 0 Å². The molecule has 0 aliphatic carbocycles. The number of anilines is 2. The Morgan fingerprint density at radius 2 is 2.00 bits per heavy atom. The molecule has 0 amide bonds. The SMILES string of the molecule is Fc1ccc(Nc2ncncc2Cl)cc1Cl. The third kappa shape index (κ3) is 2.40. The van der Waals surface area contributed by atoms with Crippen LogP contribution in [-0.2, 0) is 0 Å². The first-order chi connectivity index (χ1) is 7.66. The van der Waals surface area contributed by atoms with E-state index < -0.39 is 5.82 Å². The second kappa shape index (κ2) is 4.63. The molecular formula is C10H6Cl2FN3. The number of hydrogen-bond acceptors (Lipinski definition) is 3. The number of benzene rings is 1. The summed E-state index contributed by atoms with van der Waals surface area (Å²) >= 11 is 11.5. The van der Waals surface area contributed by atoms with Gasteiger partial charge in [0, 0.05) is 5.69 Å². The summed E-state index contributed by atoms with van der Waals surface area (Å²) in [6.45, 7) is 0. The lowest BCUT2D eigenvalue weighted by atomic mass is 10.3. The Labute approximate surface area is 101 Å². The maximum absolute atomic E-state index is 12.9. The molecule has 16 heavy (non-hydrogen) atoms. The molecule has 2 aromatic rings. The zero-order chi connectivity index (χ0) is 11.5. The average Bonchev–Trinajstić information content (AvgIpc) is 2.27. The second-order valence-electron chi connectivity index (χ2n) is 2.97. The zero-order valence-corrected chi connectivity index (χ0v) is 9.43. The highest BCUT2D eigenvalue weighted by Crippen LogP contribution is 2.24. The normalized spacial score (nSPS) is 10.2. The Hall–Kier alpha value is -1.39. The van der Waals surface area contributed by atoms with Crippen LogP contribution in [0.15, 0.2) is 30.7 Å². The van der Waals surface area contributed by atoms with E-state index in [4.69, 9.17) is 23.2 Å². The molecule has 0 atom stereocenters. The molecule has 82 valence electrons. The van der Waals surface area contributed by atoms with E-state index in [1.54, 1.807) is 6.07 Å². The molecule has 0 aliphatic heterocycles. The fourth-order valence-electron chi connectivity index (χ4n) is 1.12. The summed E-state index contributed by atoms with van der Waals surface area (Å²) in [4.78, 5) is 7.68. The molecule has 0 saturated heterocycles. The second-order valence-corrected chi connectivity index (χ2v) is 3.79. The molecule has 0 unspecified atom stereocenters. The molecule has 0 aliphatic rings. The van der Waals surface area contributed by atoms with E-state index in [9.17, 15) is 4.39 Å². The van der Waals surface area contributed by atoms with Crippen LogP contribution in [0.4, 0.5) is 15.9 Å². The van der Waals surface area contributed by atoms with Crippen LogP contribution >= 0.6 is 23.2 Å². The van der Waals surface area contributed by atoms with E-state index in [1.165, 1.54) is 24.7 Å². The van der Waals surface area contributed by atoms with E-state index in [-0.39, 0.29) is 5.02 Å². The van der Waals surface area contributed by atoms with Gasteiger partial charge in [-0.05, 0) is 18.2 Å². The maximum Gasteiger partial charge on any atom is 0.152 e. The Bertz CT molecular complexity index is 519. The number of nitrogens with zero attached hydrogens (tertiary/aromatic N) is 2.